The summed E-state index contributed by atoms with van der Waals surface area (Å²) in [7, 11) is 0. The summed E-state index contributed by atoms with van der Waals surface area (Å²) in [5.74, 6) is -0.497. The van der Waals surface area contributed by atoms with Crippen LogP contribution in [0, 0.1) is 10.1 Å². The van der Waals surface area contributed by atoms with E-state index in [1.54, 1.807) is 6.07 Å². The van der Waals surface area contributed by atoms with Gasteiger partial charge in [0.1, 0.15) is 0 Å². The number of urea groups is 1. The van der Waals surface area contributed by atoms with Crippen molar-refractivity contribution in [3.05, 3.63) is 62.6 Å². The van der Waals surface area contributed by atoms with E-state index in [1.807, 2.05) is 0 Å². The van der Waals surface area contributed by atoms with Crippen LogP contribution in [0.15, 0.2) is 42.5 Å². The van der Waals surface area contributed by atoms with E-state index in [0.717, 1.165) is 0 Å². The van der Waals surface area contributed by atoms with Gasteiger partial charge in [-0.25, -0.2) is 4.79 Å². The lowest BCUT2D eigenvalue weighted by Gasteiger charge is -2.09. The van der Waals surface area contributed by atoms with Gasteiger partial charge in [0.2, 0.25) is 5.91 Å². The second kappa shape index (κ2) is 8.32. The first kappa shape index (κ1) is 18.5. The lowest BCUT2D eigenvalue weighted by atomic mass is 10.3. The molecule has 10 heteroatoms. The lowest BCUT2D eigenvalue weighted by molar-refractivity contribution is -0.384. The molecule has 0 spiro atoms. The molecule has 0 bridgehead atoms. The van der Waals surface area contributed by atoms with Crippen molar-refractivity contribution >= 4 is 52.2 Å². The first-order chi connectivity index (χ1) is 11.8. The predicted molar refractivity (Wildman–Crippen MR) is 95.2 cm³/mol. The van der Waals surface area contributed by atoms with Crippen molar-refractivity contribution in [2.75, 3.05) is 17.2 Å². The minimum atomic E-state index is -0.638. The molecule has 2 aromatic rings. The maximum atomic E-state index is 11.8. The van der Waals surface area contributed by atoms with Crippen LogP contribution >= 0.6 is 23.2 Å². The number of anilines is 2. The molecule has 2 aromatic carbocycles. The van der Waals surface area contributed by atoms with E-state index < -0.39 is 16.9 Å². The first-order valence-electron chi connectivity index (χ1n) is 6.89. The second-order valence-corrected chi connectivity index (χ2v) is 5.63. The van der Waals surface area contributed by atoms with Crippen LogP contribution in [0.3, 0.4) is 0 Å². The molecule has 8 nitrogen and oxygen atoms in total. The summed E-state index contributed by atoms with van der Waals surface area (Å²) < 4.78 is 0. The molecule has 2 rings (SSSR count). The number of benzene rings is 2. The average Bonchev–Trinajstić information content (AvgIpc) is 2.57. The quantitative estimate of drug-likeness (QED) is 0.540. The van der Waals surface area contributed by atoms with E-state index in [0.29, 0.717) is 21.4 Å². The molecule has 0 heterocycles. The standard InChI is InChI=1S/C15H12Cl2N4O4/c16-9-1-6-12(17)13(7-9)20-14(22)8-18-15(23)19-10-2-4-11(5-3-10)21(24)25/h1-7H,8H2,(H,20,22)(H2,18,19,23). The molecule has 0 aliphatic carbocycles. The van der Waals surface area contributed by atoms with Crippen LogP contribution in [0.5, 0.6) is 0 Å². The van der Waals surface area contributed by atoms with Gasteiger partial charge in [0.25, 0.3) is 5.69 Å². The van der Waals surface area contributed by atoms with Gasteiger partial charge >= 0.3 is 6.03 Å². The number of amides is 3. The number of rotatable bonds is 5. The molecule has 0 aliphatic heterocycles. The monoisotopic (exact) mass is 382 g/mol. The summed E-state index contributed by atoms with van der Waals surface area (Å²) in [6.07, 6.45) is 0. The third-order valence-electron chi connectivity index (χ3n) is 2.95. The Hall–Kier alpha value is -2.84. The summed E-state index contributed by atoms with van der Waals surface area (Å²) in [5, 5.41) is 18.6. The fraction of sp³-hybridized carbons (Fsp3) is 0.0667. The highest BCUT2D eigenvalue weighted by Gasteiger charge is 2.10. The van der Waals surface area contributed by atoms with Crippen LogP contribution in [0.1, 0.15) is 0 Å². The summed E-state index contributed by atoms with van der Waals surface area (Å²) in [4.78, 5) is 33.6. The van der Waals surface area contributed by atoms with Gasteiger partial charge < -0.3 is 16.0 Å². The van der Waals surface area contributed by atoms with Crippen molar-refractivity contribution in [2.45, 2.75) is 0 Å². The fourth-order valence-electron chi connectivity index (χ4n) is 1.79. The third kappa shape index (κ3) is 5.63. The number of hydrogen-bond acceptors (Lipinski definition) is 4. The molecule has 0 atom stereocenters. The van der Waals surface area contributed by atoms with E-state index in [9.17, 15) is 19.7 Å². The smallest absolute Gasteiger partial charge is 0.319 e. The number of nitrogens with zero attached hydrogens (tertiary/aromatic N) is 1. The highest BCUT2D eigenvalue weighted by Crippen LogP contribution is 2.25. The highest BCUT2D eigenvalue weighted by molar-refractivity contribution is 6.35. The number of non-ortho nitro benzene ring substituents is 1. The minimum Gasteiger partial charge on any atom is -0.329 e. The Morgan fingerprint density at radius 3 is 2.36 bits per heavy atom. The van der Waals surface area contributed by atoms with Gasteiger partial charge in [-0.1, -0.05) is 23.2 Å². The second-order valence-electron chi connectivity index (χ2n) is 4.78. The maximum Gasteiger partial charge on any atom is 0.319 e. The first-order valence-corrected chi connectivity index (χ1v) is 7.65. The molecule has 0 aromatic heterocycles. The van der Waals surface area contributed by atoms with Crippen molar-refractivity contribution in [3.8, 4) is 0 Å². The molecular weight excluding hydrogens is 371 g/mol. The van der Waals surface area contributed by atoms with E-state index in [1.165, 1.54) is 36.4 Å². The Morgan fingerprint density at radius 2 is 1.72 bits per heavy atom. The third-order valence-corrected chi connectivity index (χ3v) is 3.51. The van der Waals surface area contributed by atoms with Gasteiger partial charge in [-0.3, -0.25) is 14.9 Å². The van der Waals surface area contributed by atoms with Gasteiger partial charge in [0.05, 0.1) is 22.2 Å². The number of nitro groups is 1. The Kier molecular flexibility index (Phi) is 6.15. The molecule has 3 N–H and O–H groups in total. The van der Waals surface area contributed by atoms with Gasteiger partial charge in [0, 0.05) is 22.8 Å². The fourth-order valence-corrected chi connectivity index (χ4v) is 2.13. The average molecular weight is 383 g/mol. The molecule has 3 amide bonds. The predicted octanol–water partition coefficient (Wildman–Crippen LogP) is 3.66. The number of carbonyl (C=O) groups excluding carboxylic acids is 2. The van der Waals surface area contributed by atoms with Crippen LogP contribution < -0.4 is 16.0 Å². The van der Waals surface area contributed by atoms with Crippen LogP contribution in [0.2, 0.25) is 10.0 Å². The van der Waals surface area contributed by atoms with Gasteiger partial charge in [-0.2, -0.15) is 0 Å². The number of nitrogens with one attached hydrogen (secondary N) is 3. The Balaban J connectivity index is 1.83. The molecule has 0 fully saturated rings. The Labute approximate surface area is 152 Å². The minimum absolute atomic E-state index is 0.0938. The Morgan fingerprint density at radius 1 is 1.04 bits per heavy atom. The van der Waals surface area contributed by atoms with E-state index in [-0.39, 0.29) is 12.2 Å². The summed E-state index contributed by atoms with van der Waals surface area (Å²) in [6.45, 7) is -0.304. The maximum absolute atomic E-state index is 11.8. The molecule has 25 heavy (non-hydrogen) atoms. The summed E-state index contributed by atoms with van der Waals surface area (Å²) >= 11 is 11.7. The van der Waals surface area contributed by atoms with Crippen LogP contribution in [-0.4, -0.2) is 23.4 Å². The van der Waals surface area contributed by atoms with Crippen molar-refractivity contribution in [2.24, 2.45) is 0 Å². The number of hydrogen-bond donors (Lipinski definition) is 3. The SMILES string of the molecule is O=C(CNC(=O)Nc1ccc([N+](=O)[O-])cc1)Nc1cc(Cl)ccc1Cl. The van der Waals surface area contributed by atoms with E-state index in [2.05, 4.69) is 16.0 Å². The largest absolute Gasteiger partial charge is 0.329 e. The van der Waals surface area contributed by atoms with Crippen molar-refractivity contribution < 1.29 is 14.5 Å². The molecule has 130 valence electrons. The molecular formula is C15H12Cl2N4O4. The van der Waals surface area contributed by atoms with Crippen LogP contribution in [-0.2, 0) is 4.79 Å². The molecule has 0 radical (unpaired) electrons. The molecule has 0 aliphatic rings. The van der Waals surface area contributed by atoms with Crippen LogP contribution in [0.4, 0.5) is 21.9 Å². The summed E-state index contributed by atoms with van der Waals surface area (Å²) in [5.41, 5.74) is 0.585. The highest BCUT2D eigenvalue weighted by atomic mass is 35.5. The lowest BCUT2D eigenvalue weighted by Crippen LogP contribution is -2.35. The molecule has 0 unspecified atom stereocenters. The number of halogens is 2. The van der Waals surface area contributed by atoms with Crippen LogP contribution in [0.25, 0.3) is 0 Å². The van der Waals surface area contributed by atoms with Crippen molar-refractivity contribution in [1.29, 1.82) is 0 Å². The van der Waals surface area contributed by atoms with Gasteiger partial charge in [0.15, 0.2) is 0 Å². The van der Waals surface area contributed by atoms with Gasteiger partial charge in [-0.05, 0) is 30.3 Å². The van der Waals surface area contributed by atoms with Gasteiger partial charge in [-0.15, -0.1) is 0 Å². The zero-order chi connectivity index (χ0) is 18.4. The normalized spacial score (nSPS) is 10.0. The molecule has 0 saturated heterocycles. The number of nitro benzene ring substituents is 1. The number of carbonyl (C=O) groups is 2. The van der Waals surface area contributed by atoms with Crippen molar-refractivity contribution in [1.82, 2.24) is 5.32 Å². The molecule has 0 saturated carbocycles. The van der Waals surface area contributed by atoms with E-state index in [4.69, 9.17) is 23.2 Å². The zero-order valence-corrected chi connectivity index (χ0v) is 14.1. The van der Waals surface area contributed by atoms with Crippen molar-refractivity contribution in [3.63, 3.8) is 0 Å². The summed E-state index contributed by atoms with van der Waals surface area (Å²) in [6, 6.07) is 9.23. The Bertz CT molecular complexity index is 812. The zero-order valence-electron chi connectivity index (χ0n) is 12.6. The topological polar surface area (TPSA) is 113 Å². The van der Waals surface area contributed by atoms with E-state index >= 15 is 0 Å².